The van der Waals surface area contributed by atoms with Crippen LogP contribution < -0.4 is 5.32 Å². The third kappa shape index (κ3) is 3.22. The molecule has 1 N–H and O–H groups in total. The van der Waals surface area contributed by atoms with E-state index in [-0.39, 0.29) is 11.8 Å². The van der Waals surface area contributed by atoms with Crippen molar-refractivity contribution >= 4 is 15.5 Å². The third-order valence-electron chi connectivity index (χ3n) is 3.18. The zero-order chi connectivity index (χ0) is 12.5. The van der Waals surface area contributed by atoms with Crippen LogP contribution in [0.1, 0.15) is 31.7 Å². The number of sulfone groups is 1. The SMILES string of the molecule is CC(C)c1ccc(NC2CCS(=O)(=O)C2)cc1. The molecule has 1 aromatic carbocycles. The Kier molecular flexibility index (Phi) is 3.43. The van der Waals surface area contributed by atoms with Gasteiger partial charge in [0.15, 0.2) is 9.84 Å². The summed E-state index contributed by atoms with van der Waals surface area (Å²) < 4.78 is 22.7. The van der Waals surface area contributed by atoms with E-state index in [1.807, 2.05) is 12.1 Å². The number of rotatable bonds is 3. The molecule has 0 bridgehead atoms. The fraction of sp³-hybridized carbons (Fsp3) is 0.538. The van der Waals surface area contributed by atoms with E-state index in [4.69, 9.17) is 0 Å². The van der Waals surface area contributed by atoms with E-state index in [0.29, 0.717) is 18.1 Å². The van der Waals surface area contributed by atoms with E-state index < -0.39 is 9.84 Å². The normalized spacial score (nSPS) is 22.9. The van der Waals surface area contributed by atoms with Gasteiger partial charge in [0.2, 0.25) is 0 Å². The minimum Gasteiger partial charge on any atom is -0.381 e. The minimum atomic E-state index is -2.80. The lowest BCUT2D eigenvalue weighted by Crippen LogP contribution is -2.20. The second-order valence-electron chi connectivity index (χ2n) is 5.02. The number of nitrogens with one attached hydrogen (secondary N) is 1. The van der Waals surface area contributed by atoms with Crippen molar-refractivity contribution in [3.63, 3.8) is 0 Å². The smallest absolute Gasteiger partial charge is 0.152 e. The summed E-state index contributed by atoms with van der Waals surface area (Å²) >= 11 is 0. The molecule has 4 heteroatoms. The van der Waals surface area contributed by atoms with Gasteiger partial charge in [-0.15, -0.1) is 0 Å². The fourth-order valence-electron chi connectivity index (χ4n) is 2.11. The summed E-state index contributed by atoms with van der Waals surface area (Å²) in [5.74, 6) is 1.10. The first-order valence-electron chi connectivity index (χ1n) is 6.03. The fourth-order valence-corrected chi connectivity index (χ4v) is 3.78. The first kappa shape index (κ1) is 12.4. The van der Waals surface area contributed by atoms with Crippen molar-refractivity contribution in [1.29, 1.82) is 0 Å². The molecule has 0 aromatic heterocycles. The quantitative estimate of drug-likeness (QED) is 0.899. The highest BCUT2D eigenvalue weighted by Crippen LogP contribution is 2.20. The van der Waals surface area contributed by atoms with E-state index in [1.54, 1.807) is 0 Å². The maximum Gasteiger partial charge on any atom is 0.152 e. The molecule has 1 atom stereocenters. The first-order valence-corrected chi connectivity index (χ1v) is 7.85. The average molecular weight is 253 g/mol. The van der Waals surface area contributed by atoms with Gasteiger partial charge in [0.1, 0.15) is 0 Å². The molecular formula is C13H19NO2S. The molecule has 2 rings (SSSR count). The zero-order valence-corrected chi connectivity index (χ0v) is 11.1. The molecule has 1 aliphatic heterocycles. The van der Waals surface area contributed by atoms with Crippen molar-refractivity contribution in [2.45, 2.75) is 32.2 Å². The van der Waals surface area contributed by atoms with E-state index in [0.717, 1.165) is 5.69 Å². The van der Waals surface area contributed by atoms with Crippen molar-refractivity contribution in [2.75, 3.05) is 16.8 Å². The molecular weight excluding hydrogens is 234 g/mol. The van der Waals surface area contributed by atoms with Crippen molar-refractivity contribution in [3.05, 3.63) is 29.8 Å². The molecule has 0 spiro atoms. The van der Waals surface area contributed by atoms with Crippen molar-refractivity contribution in [1.82, 2.24) is 0 Å². The maximum absolute atomic E-state index is 11.3. The van der Waals surface area contributed by atoms with E-state index in [2.05, 4.69) is 31.3 Å². The molecule has 1 fully saturated rings. The molecule has 1 heterocycles. The van der Waals surface area contributed by atoms with Gasteiger partial charge in [0.25, 0.3) is 0 Å². The monoisotopic (exact) mass is 253 g/mol. The summed E-state index contributed by atoms with van der Waals surface area (Å²) in [5, 5.41) is 3.28. The topological polar surface area (TPSA) is 46.2 Å². The average Bonchev–Trinajstić information content (AvgIpc) is 2.59. The van der Waals surface area contributed by atoms with E-state index in [1.165, 1.54) is 5.56 Å². The molecule has 1 saturated heterocycles. The summed E-state index contributed by atoms with van der Waals surface area (Å²) in [7, 11) is -2.80. The van der Waals surface area contributed by atoms with Gasteiger partial charge in [-0.2, -0.15) is 0 Å². The minimum absolute atomic E-state index is 0.0740. The van der Waals surface area contributed by atoms with Crippen LogP contribution in [0.4, 0.5) is 5.69 Å². The van der Waals surface area contributed by atoms with Gasteiger partial charge in [-0.25, -0.2) is 8.42 Å². The lowest BCUT2D eigenvalue weighted by atomic mass is 10.0. The molecule has 1 aliphatic rings. The Morgan fingerprint density at radius 3 is 2.35 bits per heavy atom. The second-order valence-corrected chi connectivity index (χ2v) is 7.25. The van der Waals surface area contributed by atoms with Crippen LogP contribution in [0, 0.1) is 0 Å². The van der Waals surface area contributed by atoms with Crippen LogP contribution in [0.25, 0.3) is 0 Å². The lowest BCUT2D eigenvalue weighted by molar-refractivity contribution is 0.602. The van der Waals surface area contributed by atoms with Crippen LogP contribution in [-0.4, -0.2) is 26.0 Å². The molecule has 0 aliphatic carbocycles. The summed E-state index contributed by atoms with van der Waals surface area (Å²) in [5.41, 5.74) is 2.31. The van der Waals surface area contributed by atoms with Gasteiger partial charge < -0.3 is 5.32 Å². The largest absolute Gasteiger partial charge is 0.381 e. The van der Waals surface area contributed by atoms with Crippen LogP contribution in [0.15, 0.2) is 24.3 Å². The Balaban J connectivity index is 2.00. The second kappa shape index (κ2) is 4.69. The first-order chi connectivity index (χ1) is 7.96. The molecule has 0 amide bonds. The lowest BCUT2D eigenvalue weighted by Gasteiger charge is -2.13. The highest BCUT2D eigenvalue weighted by Gasteiger charge is 2.27. The number of anilines is 1. The van der Waals surface area contributed by atoms with Crippen LogP contribution in [0.5, 0.6) is 0 Å². The predicted molar refractivity (Wildman–Crippen MR) is 71.2 cm³/mol. The van der Waals surface area contributed by atoms with E-state index in [9.17, 15) is 8.42 Å². The maximum atomic E-state index is 11.3. The summed E-state index contributed by atoms with van der Waals surface area (Å²) in [4.78, 5) is 0. The molecule has 0 radical (unpaired) electrons. The van der Waals surface area contributed by atoms with Gasteiger partial charge in [-0.05, 0) is 30.0 Å². The highest BCUT2D eigenvalue weighted by atomic mass is 32.2. The summed E-state index contributed by atoms with van der Waals surface area (Å²) in [6, 6.07) is 8.32. The van der Waals surface area contributed by atoms with E-state index >= 15 is 0 Å². The van der Waals surface area contributed by atoms with Crippen molar-refractivity contribution in [3.8, 4) is 0 Å². The van der Waals surface area contributed by atoms with Crippen LogP contribution >= 0.6 is 0 Å². The molecule has 1 aromatic rings. The van der Waals surface area contributed by atoms with Crippen LogP contribution in [-0.2, 0) is 9.84 Å². The number of hydrogen-bond acceptors (Lipinski definition) is 3. The molecule has 3 nitrogen and oxygen atoms in total. The Hall–Kier alpha value is -1.03. The molecule has 17 heavy (non-hydrogen) atoms. The summed E-state index contributed by atoms with van der Waals surface area (Å²) in [6.45, 7) is 4.32. The third-order valence-corrected chi connectivity index (χ3v) is 4.95. The van der Waals surface area contributed by atoms with Crippen LogP contribution in [0.3, 0.4) is 0 Å². The Morgan fingerprint density at radius 1 is 1.24 bits per heavy atom. The molecule has 94 valence electrons. The van der Waals surface area contributed by atoms with Gasteiger partial charge in [0, 0.05) is 11.7 Å². The Bertz CT molecular complexity index is 477. The van der Waals surface area contributed by atoms with Crippen molar-refractivity contribution < 1.29 is 8.42 Å². The standard InChI is InChI=1S/C13H19NO2S/c1-10(2)11-3-5-12(6-4-11)14-13-7-8-17(15,16)9-13/h3-6,10,13-14H,7-9H2,1-2H3. The van der Waals surface area contributed by atoms with Gasteiger partial charge in [0.05, 0.1) is 11.5 Å². The summed E-state index contributed by atoms with van der Waals surface area (Å²) in [6.07, 6.45) is 0.717. The zero-order valence-electron chi connectivity index (χ0n) is 10.3. The molecule has 1 unspecified atom stereocenters. The Morgan fingerprint density at radius 2 is 1.88 bits per heavy atom. The highest BCUT2D eigenvalue weighted by molar-refractivity contribution is 7.91. The number of benzene rings is 1. The Labute approximate surface area is 103 Å². The molecule has 0 saturated carbocycles. The van der Waals surface area contributed by atoms with Crippen molar-refractivity contribution in [2.24, 2.45) is 0 Å². The van der Waals surface area contributed by atoms with Crippen LogP contribution in [0.2, 0.25) is 0 Å². The predicted octanol–water partition coefficient (Wildman–Crippen LogP) is 2.41. The van der Waals surface area contributed by atoms with Gasteiger partial charge in [-0.3, -0.25) is 0 Å². The number of hydrogen-bond donors (Lipinski definition) is 1. The van der Waals surface area contributed by atoms with Gasteiger partial charge in [-0.1, -0.05) is 26.0 Å². The van der Waals surface area contributed by atoms with Gasteiger partial charge >= 0.3 is 0 Å².